The molecule has 2 aromatic heterocycles. The van der Waals surface area contributed by atoms with Crippen molar-refractivity contribution in [3.05, 3.63) is 93.9 Å². The van der Waals surface area contributed by atoms with Gasteiger partial charge in [-0.2, -0.15) is 5.26 Å². The molecular weight excluding hydrogens is 482 g/mol. The number of ether oxygens (including phenoxy) is 2. The molecular formula is C31H32ClN3O2. The van der Waals surface area contributed by atoms with Gasteiger partial charge in [0, 0.05) is 29.8 Å². The predicted octanol–water partition coefficient (Wildman–Crippen LogP) is 8.19. The predicted molar refractivity (Wildman–Crippen MR) is 148 cm³/mol. The normalized spacial score (nSPS) is 12.6. The largest absolute Gasteiger partial charge is 0.494 e. The van der Waals surface area contributed by atoms with E-state index in [1.165, 1.54) is 0 Å². The van der Waals surface area contributed by atoms with Crippen molar-refractivity contribution in [2.45, 2.75) is 59.0 Å². The summed E-state index contributed by atoms with van der Waals surface area (Å²) in [6.07, 6.45) is 5.53. The summed E-state index contributed by atoms with van der Waals surface area (Å²) in [5.41, 5.74) is 5.30. The van der Waals surface area contributed by atoms with Crippen LogP contribution in [0.25, 0.3) is 10.9 Å². The van der Waals surface area contributed by atoms with E-state index in [4.69, 9.17) is 21.1 Å². The molecule has 0 spiro atoms. The van der Waals surface area contributed by atoms with Crippen LogP contribution in [-0.4, -0.2) is 16.6 Å². The highest BCUT2D eigenvalue weighted by Gasteiger charge is 2.21. The summed E-state index contributed by atoms with van der Waals surface area (Å²) in [4.78, 5) is 8.90. The van der Waals surface area contributed by atoms with Crippen molar-refractivity contribution in [1.82, 2.24) is 9.97 Å². The van der Waals surface area contributed by atoms with Gasteiger partial charge in [-0.05, 0) is 66.3 Å². The molecule has 6 heteroatoms. The van der Waals surface area contributed by atoms with E-state index >= 15 is 0 Å². The number of nitriles is 1. The van der Waals surface area contributed by atoms with Crippen molar-refractivity contribution in [3.8, 4) is 17.6 Å². The minimum absolute atomic E-state index is 0.0882. The second-order valence-corrected chi connectivity index (χ2v) is 9.66. The molecule has 5 nitrogen and oxygen atoms in total. The first-order chi connectivity index (χ1) is 18.0. The van der Waals surface area contributed by atoms with Crippen molar-refractivity contribution >= 4 is 22.5 Å². The Balaban J connectivity index is 1.74. The number of hydrogen-bond acceptors (Lipinski definition) is 5. The van der Waals surface area contributed by atoms with E-state index in [2.05, 4.69) is 42.9 Å². The molecule has 37 heavy (non-hydrogen) atoms. The molecule has 0 fully saturated rings. The number of benzene rings is 2. The minimum atomic E-state index is -0.0882. The van der Waals surface area contributed by atoms with E-state index in [9.17, 15) is 5.26 Å². The maximum Gasteiger partial charge on any atom is 0.138 e. The van der Waals surface area contributed by atoms with Crippen LogP contribution >= 0.6 is 11.6 Å². The van der Waals surface area contributed by atoms with Crippen LogP contribution < -0.4 is 9.47 Å². The molecule has 2 unspecified atom stereocenters. The molecule has 0 aliphatic rings. The van der Waals surface area contributed by atoms with Crippen LogP contribution in [-0.2, 0) is 6.61 Å². The zero-order valence-electron chi connectivity index (χ0n) is 21.8. The van der Waals surface area contributed by atoms with Gasteiger partial charge in [-0.25, -0.2) is 0 Å². The number of pyridine rings is 2. The van der Waals surface area contributed by atoms with Crippen LogP contribution in [0, 0.1) is 11.3 Å². The molecule has 4 aromatic rings. The van der Waals surface area contributed by atoms with Crippen LogP contribution in [0.5, 0.6) is 11.5 Å². The fourth-order valence-electron chi connectivity index (χ4n) is 4.77. The molecule has 0 saturated carbocycles. The van der Waals surface area contributed by atoms with Crippen LogP contribution in [0.15, 0.2) is 60.9 Å². The third kappa shape index (κ3) is 5.87. The van der Waals surface area contributed by atoms with E-state index < -0.39 is 0 Å². The third-order valence-electron chi connectivity index (χ3n) is 6.70. The molecule has 4 rings (SSSR count). The van der Waals surface area contributed by atoms with Gasteiger partial charge in [0.25, 0.3) is 0 Å². The fourth-order valence-corrected chi connectivity index (χ4v) is 5.02. The lowest BCUT2D eigenvalue weighted by Crippen LogP contribution is -2.06. The molecule has 2 atom stereocenters. The lowest BCUT2D eigenvalue weighted by Gasteiger charge is -2.21. The van der Waals surface area contributed by atoms with Crippen LogP contribution in [0.4, 0.5) is 0 Å². The van der Waals surface area contributed by atoms with Crippen LogP contribution in [0.2, 0.25) is 5.02 Å². The molecule has 2 aromatic carbocycles. The van der Waals surface area contributed by atoms with Crippen molar-refractivity contribution in [2.24, 2.45) is 0 Å². The van der Waals surface area contributed by atoms with Gasteiger partial charge in [0.05, 0.1) is 28.4 Å². The first-order valence-electron chi connectivity index (χ1n) is 12.8. The number of nitrogens with zero attached hydrogens (tertiary/aromatic N) is 3. The Kier molecular flexibility index (Phi) is 8.63. The van der Waals surface area contributed by atoms with Gasteiger partial charge in [0.2, 0.25) is 0 Å². The molecule has 190 valence electrons. The summed E-state index contributed by atoms with van der Waals surface area (Å²) < 4.78 is 11.9. The Bertz CT molecular complexity index is 1420. The number of aromatic nitrogens is 2. The molecule has 0 saturated heterocycles. The van der Waals surface area contributed by atoms with Gasteiger partial charge >= 0.3 is 0 Å². The summed E-state index contributed by atoms with van der Waals surface area (Å²) in [7, 11) is 0. The van der Waals surface area contributed by atoms with Gasteiger partial charge in [-0.1, -0.05) is 50.9 Å². The van der Waals surface area contributed by atoms with Gasteiger partial charge in [-0.15, -0.1) is 0 Å². The first kappa shape index (κ1) is 26.4. The average Bonchev–Trinajstić information content (AvgIpc) is 2.91. The number of halogens is 1. The van der Waals surface area contributed by atoms with E-state index in [-0.39, 0.29) is 5.92 Å². The van der Waals surface area contributed by atoms with Gasteiger partial charge < -0.3 is 9.47 Å². The van der Waals surface area contributed by atoms with E-state index in [0.29, 0.717) is 35.5 Å². The van der Waals surface area contributed by atoms with Crippen LogP contribution in [0.1, 0.15) is 80.3 Å². The van der Waals surface area contributed by atoms with Gasteiger partial charge in [-0.3, -0.25) is 9.97 Å². The summed E-state index contributed by atoms with van der Waals surface area (Å²) >= 11 is 6.64. The smallest absolute Gasteiger partial charge is 0.138 e. The molecule has 0 aliphatic heterocycles. The van der Waals surface area contributed by atoms with E-state index in [1.807, 2.05) is 49.4 Å². The topological polar surface area (TPSA) is 68.0 Å². The Hall–Kier alpha value is -3.62. The Morgan fingerprint density at radius 1 is 1.00 bits per heavy atom. The summed E-state index contributed by atoms with van der Waals surface area (Å²) in [6, 6.07) is 18.1. The number of fused-ring (bicyclic) bond motifs is 1. The molecule has 0 aliphatic carbocycles. The van der Waals surface area contributed by atoms with Crippen molar-refractivity contribution in [2.75, 3.05) is 6.61 Å². The second kappa shape index (κ2) is 12.1. The highest BCUT2D eigenvalue weighted by Crippen LogP contribution is 2.40. The van der Waals surface area contributed by atoms with E-state index in [1.54, 1.807) is 12.4 Å². The number of hydrogen-bond donors (Lipinski definition) is 0. The molecule has 0 bridgehead atoms. The lowest BCUT2D eigenvalue weighted by atomic mass is 9.86. The maximum absolute atomic E-state index is 9.99. The third-order valence-corrected chi connectivity index (χ3v) is 7.00. The molecule has 0 amide bonds. The SMILES string of the molecule is CCCC(C)c1cc2c(C(C)c3ccc(OCc4ccccn4)c(Cl)c3)c(C#N)cnc2cc1OCC. The second-order valence-electron chi connectivity index (χ2n) is 9.25. The van der Waals surface area contributed by atoms with Crippen molar-refractivity contribution in [3.63, 3.8) is 0 Å². The van der Waals surface area contributed by atoms with Crippen molar-refractivity contribution < 1.29 is 9.47 Å². The quantitative estimate of drug-likeness (QED) is 0.214. The number of rotatable bonds is 10. The Labute approximate surface area is 224 Å². The lowest BCUT2D eigenvalue weighted by molar-refractivity contribution is 0.301. The van der Waals surface area contributed by atoms with E-state index in [0.717, 1.165) is 51.9 Å². The van der Waals surface area contributed by atoms with Gasteiger partial charge in [0.15, 0.2) is 0 Å². The first-order valence-corrected chi connectivity index (χ1v) is 13.2. The standard InChI is InChI=1S/C31H32ClN3O2/c1-5-9-20(3)25-15-26-28(16-30(25)36-6-2)35-18-23(17-33)31(26)21(4)22-11-12-29(27(32)14-22)37-19-24-10-7-8-13-34-24/h7-8,10-16,18,20-21H,5-6,9,19H2,1-4H3. The molecule has 0 N–H and O–H groups in total. The molecule has 0 radical (unpaired) electrons. The highest BCUT2D eigenvalue weighted by atomic mass is 35.5. The van der Waals surface area contributed by atoms with Crippen LogP contribution in [0.3, 0.4) is 0 Å². The average molecular weight is 514 g/mol. The summed E-state index contributed by atoms with van der Waals surface area (Å²) in [5.74, 6) is 1.70. The van der Waals surface area contributed by atoms with Gasteiger partial charge in [0.1, 0.15) is 24.2 Å². The monoisotopic (exact) mass is 513 g/mol. The van der Waals surface area contributed by atoms with Crippen molar-refractivity contribution in [1.29, 1.82) is 5.26 Å². The Morgan fingerprint density at radius 2 is 1.84 bits per heavy atom. The Morgan fingerprint density at radius 3 is 2.51 bits per heavy atom. The summed E-state index contributed by atoms with van der Waals surface area (Å²) in [6.45, 7) is 9.43. The zero-order chi connectivity index (χ0) is 26.4. The fraction of sp³-hybridized carbons (Fsp3) is 0.323. The highest BCUT2D eigenvalue weighted by molar-refractivity contribution is 6.32. The summed E-state index contributed by atoms with van der Waals surface area (Å²) in [5, 5.41) is 11.5. The molecule has 2 heterocycles. The zero-order valence-corrected chi connectivity index (χ0v) is 22.5. The maximum atomic E-state index is 9.99. The minimum Gasteiger partial charge on any atom is -0.494 e.